The minimum Gasteiger partial charge on any atom is -0.508 e. The van der Waals surface area contributed by atoms with Crippen LogP contribution in [0.3, 0.4) is 0 Å². The minimum absolute atomic E-state index is 0.0107. The Hall–Kier alpha value is -1.22. The summed E-state index contributed by atoms with van der Waals surface area (Å²) in [5, 5.41) is 27.5. The summed E-state index contributed by atoms with van der Waals surface area (Å²) in [4.78, 5) is 0. The van der Waals surface area contributed by atoms with Gasteiger partial charge in [-0.2, -0.15) is 0 Å². The molecule has 0 bridgehead atoms. The van der Waals surface area contributed by atoms with E-state index >= 15 is 0 Å². The van der Waals surface area contributed by atoms with Crippen LogP contribution < -0.4 is 0 Å². The third-order valence-corrected chi connectivity index (χ3v) is 2.08. The second-order valence-corrected chi connectivity index (χ2v) is 3.78. The van der Waals surface area contributed by atoms with Gasteiger partial charge in [0.05, 0.1) is 6.61 Å². The van der Waals surface area contributed by atoms with E-state index in [1.807, 2.05) is 13.8 Å². The zero-order valence-corrected chi connectivity index (χ0v) is 7.78. The highest BCUT2D eigenvalue weighted by atomic mass is 16.3. The summed E-state index contributed by atoms with van der Waals surface area (Å²) < 4.78 is 0. The van der Waals surface area contributed by atoms with Crippen molar-refractivity contribution >= 4 is 0 Å². The van der Waals surface area contributed by atoms with E-state index in [1.54, 1.807) is 0 Å². The number of hydrogen-bond donors (Lipinski definition) is 3. The molecular formula is C10H14O3. The lowest BCUT2D eigenvalue weighted by Gasteiger charge is -2.22. The van der Waals surface area contributed by atoms with E-state index in [-0.39, 0.29) is 18.1 Å². The Morgan fingerprint density at radius 3 is 1.92 bits per heavy atom. The molecule has 0 fully saturated rings. The Labute approximate surface area is 77.3 Å². The highest BCUT2D eigenvalue weighted by Gasteiger charge is 2.20. The zero-order chi connectivity index (χ0) is 10.1. The predicted octanol–water partition coefficient (Wildman–Crippen LogP) is 1.37. The van der Waals surface area contributed by atoms with E-state index in [2.05, 4.69) is 0 Å². The van der Waals surface area contributed by atoms with Crippen LogP contribution in [0.5, 0.6) is 11.5 Å². The predicted molar refractivity (Wildman–Crippen MR) is 49.9 cm³/mol. The maximum absolute atomic E-state index is 9.21. The number of benzene rings is 1. The first kappa shape index (κ1) is 9.86. The fraction of sp³-hybridized carbons (Fsp3) is 0.400. The van der Waals surface area contributed by atoms with Crippen molar-refractivity contribution in [2.75, 3.05) is 6.61 Å². The molecule has 3 nitrogen and oxygen atoms in total. The molecule has 0 spiro atoms. The molecule has 0 aliphatic heterocycles. The van der Waals surface area contributed by atoms with Gasteiger partial charge in [0, 0.05) is 11.5 Å². The molecule has 0 amide bonds. The highest BCUT2D eigenvalue weighted by Crippen LogP contribution is 2.29. The van der Waals surface area contributed by atoms with Crippen LogP contribution in [-0.4, -0.2) is 21.9 Å². The Bertz CT molecular complexity index is 285. The van der Waals surface area contributed by atoms with Crippen molar-refractivity contribution in [2.24, 2.45) is 0 Å². The molecule has 0 atom stereocenters. The van der Waals surface area contributed by atoms with E-state index < -0.39 is 5.41 Å². The number of phenols is 2. The summed E-state index contributed by atoms with van der Waals surface area (Å²) in [5.74, 6) is 0.0213. The summed E-state index contributed by atoms with van der Waals surface area (Å²) >= 11 is 0. The van der Waals surface area contributed by atoms with Crippen LogP contribution in [0.2, 0.25) is 0 Å². The average Bonchev–Trinajstić information content (AvgIpc) is 2.02. The molecule has 72 valence electrons. The van der Waals surface area contributed by atoms with E-state index in [0.717, 1.165) is 0 Å². The lowest BCUT2D eigenvalue weighted by atomic mass is 9.85. The van der Waals surface area contributed by atoms with Gasteiger partial charge in [0.15, 0.2) is 0 Å². The van der Waals surface area contributed by atoms with Gasteiger partial charge in [-0.15, -0.1) is 0 Å². The molecule has 13 heavy (non-hydrogen) atoms. The zero-order valence-electron chi connectivity index (χ0n) is 7.78. The fourth-order valence-electron chi connectivity index (χ4n) is 1.08. The molecule has 0 saturated heterocycles. The lowest BCUT2D eigenvalue weighted by molar-refractivity contribution is 0.218. The van der Waals surface area contributed by atoms with Crippen LogP contribution in [0.4, 0.5) is 0 Å². The van der Waals surface area contributed by atoms with Gasteiger partial charge >= 0.3 is 0 Å². The first-order valence-electron chi connectivity index (χ1n) is 4.10. The summed E-state index contributed by atoms with van der Waals surface area (Å²) in [6.07, 6.45) is 0. The van der Waals surface area contributed by atoms with Gasteiger partial charge < -0.3 is 15.3 Å². The second-order valence-electron chi connectivity index (χ2n) is 3.78. The SMILES string of the molecule is CC(C)(CO)c1cc(O)cc(O)c1. The van der Waals surface area contributed by atoms with Crippen LogP contribution in [0, 0.1) is 0 Å². The molecule has 3 heteroatoms. The van der Waals surface area contributed by atoms with Crippen molar-refractivity contribution < 1.29 is 15.3 Å². The summed E-state index contributed by atoms with van der Waals surface area (Å²) in [6.45, 7) is 3.64. The standard InChI is InChI=1S/C10H14O3/c1-10(2,6-11)7-3-8(12)5-9(13)4-7/h3-5,11-13H,6H2,1-2H3. The lowest BCUT2D eigenvalue weighted by Crippen LogP contribution is -2.21. The van der Waals surface area contributed by atoms with E-state index in [1.165, 1.54) is 18.2 Å². The van der Waals surface area contributed by atoms with Gasteiger partial charge in [0.25, 0.3) is 0 Å². The maximum Gasteiger partial charge on any atom is 0.119 e. The highest BCUT2D eigenvalue weighted by molar-refractivity contribution is 5.39. The number of aliphatic hydroxyl groups is 1. The number of rotatable bonds is 2. The molecule has 0 heterocycles. The van der Waals surface area contributed by atoms with Crippen molar-refractivity contribution in [3.8, 4) is 11.5 Å². The number of aromatic hydroxyl groups is 2. The van der Waals surface area contributed by atoms with Crippen LogP contribution >= 0.6 is 0 Å². The van der Waals surface area contributed by atoms with Crippen LogP contribution in [-0.2, 0) is 5.41 Å². The smallest absolute Gasteiger partial charge is 0.119 e. The van der Waals surface area contributed by atoms with Gasteiger partial charge in [0.2, 0.25) is 0 Å². The van der Waals surface area contributed by atoms with Gasteiger partial charge in [-0.05, 0) is 17.7 Å². The molecule has 0 unspecified atom stereocenters. The average molecular weight is 182 g/mol. The molecule has 1 aromatic rings. The van der Waals surface area contributed by atoms with E-state index in [4.69, 9.17) is 5.11 Å². The summed E-state index contributed by atoms with van der Waals surface area (Å²) in [6, 6.07) is 4.34. The monoisotopic (exact) mass is 182 g/mol. The Morgan fingerprint density at radius 2 is 1.54 bits per heavy atom. The summed E-state index contributed by atoms with van der Waals surface area (Å²) in [5.41, 5.74) is 0.267. The van der Waals surface area contributed by atoms with Crippen molar-refractivity contribution in [3.05, 3.63) is 23.8 Å². The maximum atomic E-state index is 9.21. The Kier molecular flexibility index (Phi) is 2.48. The number of hydrogen-bond acceptors (Lipinski definition) is 3. The third-order valence-electron chi connectivity index (χ3n) is 2.08. The largest absolute Gasteiger partial charge is 0.508 e. The van der Waals surface area contributed by atoms with Crippen LogP contribution in [0.1, 0.15) is 19.4 Å². The first-order valence-corrected chi connectivity index (χ1v) is 4.10. The molecule has 0 aliphatic carbocycles. The molecule has 0 saturated carbocycles. The number of phenolic OH excluding ortho intramolecular Hbond substituents is 2. The van der Waals surface area contributed by atoms with Crippen molar-refractivity contribution in [1.29, 1.82) is 0 Å². The fourth-order valence-corrected chi connectivity index (χ4v) is 1.08. The molecule has 0 aliphatic rings. The number of aliphatic hydroxyl groups excluding tert-OH is 1. The molecule has 0 radical (unpaired) electrons. The van der Waals surface area contributed by atoms with Gasteiger partial charge in [-0.25, -0.2) is 0 Å². The molecule has 3 N–H and O–H groups in total. The molecule has 1 rings (SSSR count). The van der Waals surface area contributed by atoms with E-state index in [0.29, 0.717) is 5.56 Å². The molecule has 1 aromatic carbocycles. The summed E-state index contributed by atoms with van der Waals surface area (Å²) in [7, 11) is 0. The molecular weight excluding hydrogens is 168 g/mol. The third kappa shape index (κ3) is 2.12. The van der Waals surface area contributed by atoms with Gasteiger partial charge in [-0.3, -0.25) is 0 Å². The van der Waals surface area contributed by atoms with Gasteiger partial charge in [0.1, 0.15) is 11.5 Å². The van der Waals surface area contributed by atoms with Crippen molar-refractivity contribution in [1.82, 2.24) is 0 Å². The van der Waals surface area contributed by atoms with Crippen molar-refractivity contribution in [2.45, 2.75) is 19.3 Å². The quantitative estimate of drug-likeness (QED) is 0.647. The topological polar surface area (TPSA) is 60.7 Å². The van der Waals surface area contributed by atoms with E-state index in [9.17, 15) is 10.2 Å². The molecule has 0 aromatic heterocycles. The normalized spacial score (nSPS) is 11.6. The minimum atomic E-state index is -0.448. The van der Waals surface area contributed by atoms with Crippen LogP contribution in [0.15, 0.2) is 18.2 Å². The van der Waals surface area contributed by atoms with Crippen molar-refractivity contribution in [3.63, 3.8) is 0 Å². The Morgan fingerprint density at radius 1 is 1.08 bits per heavy atom. The van der Waals surface area contributed by atoms with Gasteiger partial charge in [-0.1, -0.05) is 13.8 Å². The van der Waals surface area contributed by atoms with Crippen LogP contribution in [0.25, 0.3) is 0 Å². The first-order chi connectivity index (χ1) is 5.95. The second kappa shape index (κ2) is 3.26. The Balaban J connectivity index is 3.15.